The number of para-hydroxylation sites is 1. The second kappa shape index (κ2) is 7.17. The molecule has 9 heteroatoms. The summed E-state index contributed by atoms with van der Waals surface area (Å²) in [6, 6.07) is 11.2. The molecule has 0 fully saturated rings. The molecule has 0 saturated heterocycles. The van der Waals surface area contributed by atoms with Gasteiger partial charge in [0.1, 0.15) is 22.3 Å². The van der Waals surface area contributed by atoms with Gasteiger partial charge in [-0.25, -0.2) is 26.4 Å². The van der Waals surface area contributed by atoms with Crippen LogP contribution in [0, 0.1) is 24.4 Å². The van der Waals surface area contributed by atoms with Crippen molar-refractivity contribution < 1.29 is 26.4 Å². The molecule has 5 nitrogen and oxygen atoms in total. The maximum absolute atomic E-state index is 14.1. The first-order valence-electron chi connectivity index (χ1n) is 8.85. The summed E-state index contributed by atoms with van der Waals surface area (Å²) in [5.74, 6) is -2.33. The monoisotopic (exact) mass is 432 g/mol. The van der Waals surface area contributed by atoms with Gasteiger partial charge in [0.15, 0.2) is 0 Å². The fraction of sp³-hybridized carbons (Fsp3) is 0.0952. The number of benzene rings is 3. The van der Waals surface area contributed by atoms with Crippen LogP contribution in [-0.2, 0) is 16.6 Å². The van der Waals surface area contributed by atoms with Crippen LogP contribution in [0.25, 0.3) is 0 Å². The molecular weight excluding hydrogens is 417 g/mol. The van der Waals surface area contributed by atoms with Gasteiger partial charge >= 0.3 is 6.03 Å². The minimum Gasteiger partial charge on any atom is -0.287 e. The van der Waals surface area contributed by atoms with Crippen molar-refractivity contribution in [2.24, 2.45) is 0 Å². The van der Waals surface area contributed by atoms with Gasteiger partial charge in [-0.3, -0.25) is 4.90 Å². The van der Waals surface area contributed by atoms with E-state index >= 15 is 0 Å². The number of hydrogen-bond donors (Lipinski definition) is 0. The van der Waals surface area contributed by atoms with E-state index in [2.05, 4.69) is 0 Å². The molecule has 0 spiro atoms. The quantitative estimate of drug-likeness (QED) is 0.600. The highest BCUT2D eigenvalue weighted by atomic mass is 32.2. The summed E-state index contributed by atoms with van der Waals surface area (Å²) >= 11 is 0. The number of fused-ring (bicyclic) bond motifs is 1. The van der Waals surface area contributed by atoms with Gasteiger partial charge in [-0.15, -0.1) is 0 Å². The van der Waals surface area contributed by atoms with E-state index in [1.54, 1.807) is 6.07 Å². The smallest absolute Gasteiger partial charge is 0.287 e. The molecule has 1 aliphatic heterocycles. The molecule has 1 aliphatic rings. The van der Waals surface area contributed by atoms with Crippen molar-refractivity contribution in [3.63, 3.8) is 0 Å². The van der Waals surface area contributed by atoms with Gasteiger partial charge in [0.05, 0.1) is 17.9 Å². The highest BCUT2D eigenvalue weighted by molar-refractivity contribution is 7.94. The number of carbonyl (C=O) groups is 1. The van der Waals surface area contributed by atoms with Gasteiger partial charge in [-0.05, 0) is 54.4 Å². The highest BCUT2D eigenvalue weighted by Crippen LogP contribution is 2.38. The Bertz CT molecular complexity index is 1260. The van der Waals surface area contributed by atoms with Crippen LogP contribution in [0.4, 0.5) is 29.3 Å². The fourth-order valence-electron chi connectivity index (χ4n) is 3.31. The number of carbonyl (C=O) groups excluding carboxylic acids is 1. The lowest BCUT2D eigenvalue weighted by Crippen LogP contribution is -2.50. The zero-order chi connectivity index (χ0) is 21.6. The number of hydrogen-bond acceptors (Lipinski definition) is 3. The molecule has 3 aromatic carbocycles. The number of anilines is 2. The molecular formula is C21H15F3N2O3S. The minimum absolute atomic E-state index is 0.0657. The van der Waals surface area contributed by atoms with Crippen LogP contribution in [0.15, 0.2) is 65.6 Å². The van der Waals surface area contributed by atoms with Gasteiger partial charge < -0.3 is 0 Å². The van der Waals surface area contributed by atoms with E-state index in [1.807, 2.05) is 0 Å². The molecule has 0 saturated carbocycles. The van der Waals surface area contributed by atoms with E-state index in [4.69, 9.17) is 0 Å². The van der Waals surface area contributed by atoms with E-state index in [9.17, 15) is 26.4 Å². The minimum atomic E-state index is -4.33. The van der Waals surface area contributed by atoms with Crippen LogP contribution in [0.3, 0.4) is 0 Å². The molecule has 1 heterocycles. The second-order valence-corrected chi connectivity index (χ2v) is 8.57. The third kappa shape index (κ3) is 3.30. The van der Waals surface area contributed by atoms with Crippen LogP contribution >= 0.6 is 0 Å². The Balaban J connectivity index is 1.88. The maximum atomic E-state index is 14.1. The number of amides is 2. The summed E-state index contributed by atoms with van der Waals surface area (Å²) in [4.78, 5) is 14.1. The standard InChI is InChI=1S/C21H15F3N2O3S/c1-13-6-7-17(11-18(13)24)26-21(27)25(12-14-8-15(22)10-16(23)9-14)19-4-2-3-5-20(19)30(26,28)29/h2-11H,12H2,1H3. The fourth-order valence-corrected chi connectivity index (χ4v) is 4.89. The van der Waals surface area contributed by atoms with Crippen LogP contribution in [0.2, 0.25) is 0 Å². The molecule has 0 atom stereocenters. The lowest BCUT2D eigenvalue weighted by Gasteiger charge is -2.36. The first-order valence-corrected chi connectivity index (χ1v) is 10.3. The van der Waals surface area contributed by atoms with Crippen molar-refractivity contribution >= 4 is 27.4 Å². The molecule has 3 aromatic rings. The number of halogens is 3. The molecule has 0 bridgehead atoms. The van der Waals surface area contributed by atoms with Gasteiger partial charge in [-0.1, -0.05) is 18.2 Å². The van der Waals surface area contributed by atoms with Gasteiger partial charge in [0, 0.05) is 6.07 Å². The van der Waals surface area contributed by atoms with E-state index in [-0.39, 0.29) is 33.9 Å². The first kappa shape index (κ1) is 20.0. The Labute approximate surface area is 171 Å². The molecule has 0 aromatic heterocycles. The maximum Gasteiger partial charge on any atom is 0.343 e. The molecule has 154 valence electrons. The Hall–Kier alpha value is -3.33. The van der Waals surface area contributed by atoms with E-state index < -0.39 is 33.5 Å². The van der Waals surface area contributed by atoms with Crippen LogP contribution in [0.1, 0.15) is 11.1 Å². The average molecular weight is 432 g/mol. The Kier molecular flexibility index (Phi) is 4.77. The molecule has 4 rings (SSSR count). The van der Waals surface area contributed by atoms with Crippen molar-refractivity contribution in [3.8, 4) is 0 Å². The predicted molar refractivity (Wildman–Crippen MR) is 105 cm³/mol. The number of nitrogens with zero attached hydrogens (tertiary/aromatic N) is 2. The molecule has 0 N–H and O–H groups in total. The topological polar surface area (TPSA) is 57.7 Å². The number of sulfonamides is 1. The Morgan fingerprint density at radius 2 is 1.57 bits per heavy atom. The number of rotatable bonds is 3. The molecule has 0 unspecified atom stereocenters. The molecule has 2 amide bonds. The highest BCUT2D eigenvalue weighted by Gasteiger charge is 2.42. The summed E-state index contributed by atoms with van der Waals surface area (Å²) in [5.41, 5.74) is 0.308. The van der Waals surface area contributed by atoms with Gasteiger partial charge in [0.2, 0.25) is 0 Å². The van der Waals surface area contributed by atoms with Crippen molar-refractivity contribution in [1.29, 1.82) is 0 Å². The van der Waals surface area contributed by atoms with Crippen molar-refractivity contribution in [1.82, 2.24) is 0 Å². The van der Waals surface area contributed by atoms with E-state index in [0.717, 1.165) is 23.1 Å². The normalized spacial score (nSPS) is 15.3. The zero-order valence-electron chi connectivity index (χ0n) is 15.6. The lowest BCUT2D eigenvalue weighted by molar-refractivity contribution is 0.253. The SMILES string of the molecule is Cc1ccc(N2C(=O)N(Cc3cc(F)cc(F)c3)c3ccccc3S2(=O)=O)cc1F. The summed E-state index contributed by atoms with van der Waals surface area (Å²) in [7, 11) is -4.33. The van der Waals surface area contributed by atoms with Crippen molar-refractivity contribution in [3.05, 3.63) is 89.2 Å². The summed E-state index contributed by atoms with van der Waals surface area (Å²) < 4.78 is 68.2. The lowest BCUT2D eigenvalue weighted by atomic mass is 10.2. The largest absolute Gasteiger partial charge is 0.343 e. The van der Waals surface area contributed by atoms with Gasteiger partial charge in [0.25, 0.3) is 10.0 Å². The summed E-state index contributed by atoms with van der Waals surface area (Å²) in [6.07, 6.45) is 0. The summed E-state index contributed by atoms with van der Waals surface area (Å²) in [5, 5.41) is 0. The van der Waals surface area contributed by atoms with E-state index in [0.29, 0.717) is 10.4 Å². The van der Waals surface area contributed by atoms with Gasteiger partial charge in [-0.2, -0.15) is 4.31 Å². The number of aryl methyl sites for hydroxylation is 1. The summed E-state index contributed by atoms with van der Waals surface area (Å²) in [6.45, 7) is 1.22. The van der Waals surface area contributed by atoms with E-state index in [1.165, 1.54) is 37.3 Å². The molecule has 0 aliphatic carbocycles. The zero-order valence-corrected chi connectivity index (χ0v) is 16.5. The van der Waals surface area contributed by atoms with Crippen LogP contribution in [-0.4, -0.2) is 14.4 Å². The predicted octanol–water partition coefficient (Wildman–Crippen LogP) is 4.75. The molecule has 30 heavy (non-hydrogen) atoms. The van der Waals surface area contributed by atoms with Crippen molar-refractivity contribution in [2.75, 3.05) is 9.21 Å². The van der Waals surface area contributed by atoms with Crippen LogP contribution in [0.5, 0.6) is 0 Å². The third-order valence-electron chi connectivity index (χ3n) is 4.73. The first-order chi connectivity index (χ1) is 14.2. The van der Waals surface area contributed by atoms with Crippen molar-refractivity contribution in [2.45, 2.75) is 18.4 Å². The average Bonchev–Trinajstić information content (AvgIpc) is 2.67. The Morgan fingerprint density at radius 1 is 0.900 bits per heavy atom. The van der Waals surface area contributed by atoms with Crippen LogP contribution < -0.4 is 9.21 Å². The third-order valence-corrected chi connectivity index (χ3v) is 6.48. The second-order valence-electron chi connectivity index (χ2n) is 6.82. The molecule has 0 radical (unpaired) electrons. The Morgan fingerprint density at radius 3 is 2.23 bits per heavy atom. The number of urea groups is 1.